The van der Waals surface area contributed by atoms with Crippen LogP contribution in [-0.4, -0.2) is 81.5 Å². The lowest BCUT2D eigenvalue weighted by Gasteiger charge is -2.67. The van der Waals surface area contributed by atoms with E-state index >= 15 is 0 Å². The van der Waals surface area contributed by atoms with Gasteiger partial charge in [0.1, 0.15) is 12.7 Å². The minimum Gasteiger partial charge on any atom is -0.458 e. The summed E-state index contributed by atoms with van der Waals surface area (Å²) in [7, 11) is 0. The maximum Gasteiger partial charge on any atom is 0.331 e. The predicted octanol–water partition coefficient (Wildman–Crippen LogP) is 4.18. The molecule has 2 aliphatic heterocycles. The summed E-state index contributed by atoms with van der Waals surface area (Å²) < 4.78 is 17.6. The van der Waals surface area contributed by atoms with E-state index in [4.69, 9.17) is 14.2 Å². The van der Waals surface area contributed by atoms with Crippen molar-refractivity contribution in [2.45, 2.75) is 146 Å². The van der Waals surface area contributed by atoms with Gasteiger partial charge in [-0.1, -0.05) is 18.6 Å². The molecule has 2 heterocycles. The normalized spacial score (nSPS) is 49.0. The van der Waals surface area contributed by atoms with Gasteiger partial charge in [0.2, 0.25) is 0 Å². The van der Waals surface area contributed by atoms with E-state index < -0.39 is 41.2 Å². The van der Waals surface area contributed by atoms with Crippen molar-refractivity contribution in [2.24, 2.45) is 28.6 Å². The van der Waals surface area contributed by atoms with E-state index in [1.165, 1.54) is 18.4 Å². The number of cyclic esters (lactones) is 1. The molecule has 9 nitrogen and oxygen atoms in total. The molecule has 256 valence electrons. The minimum absolute atomic E-state index is 0.0543. The standard InChI is InChI=1S/C37H55NO8/c1-23-33(41)30(39)19-32(45-23)46-26-8-14-35(22-38-17-12-24-6-4-3-5-7-24)28-9-13-34(2)27(25-18-31(40)44-21-25)11-16-37(34,43)29(28)10-15-36(35,42)20-26/h6,12,17-18,23,26-30,32-33,38-39,41-43H,3-5,7-11,13-16,19-22H2,1-2H3. The summed E-state index contributed by atoms with van der Waals surface area (Å²) >= 11 is 0. The van der Waals surface area contributed by atoms with E-state index in [1.807, 2.05) is 0 Å². The van der Waals surface area contributed by atoms with Crippen LogP contribution in [0.1, 0.15) is 104 Å². The maximum atomic E-state index is 12.8. The first-order valence-corrected chi connectivity index (χ1v) is 18.1. The number of carbonyl (C=O) groups excluding carboxylic acids is 1. The fraction of sp³-hybridized carbons (Fsp3) is 0.811. The van der Waals surface area contributed by atoms with Crippen LogP contribution in [-0.2, 0) is 19.0 Å². The molecule has 0 bridgehead atoms. The molecule has 0 aromatic rings. The second-order valence-corrected chi connectivity index (χ2v) is 16.0. The summed E-state index contributed by atoms with van der Waals surface area (Å²) in [6.07, 6.45) is 16.6. The lowest BCUT2D eigenvalue weighted by Crippen LogP contribution is -2.70. The number of aliphatic hydroxyl groups excluding tert-OH is 2. The summed E-state index contributed by atoms with van der Waals surface area (Å²) in [5.41, 5.74) is -0.258. The van der Waals surface area contributed by atoms with Crippen molar-refractivity contribution in [1.82, 2.24) is 5.32 Å². The highest BCUT2D eigenvalue weighted by molar-refractivity contribution is 5.85. The summed E-state index contributed by atoms with van der Waals surface area (Å²) in [5, 5.41) is 49.7. The average Bonchev–Trinajstić information content (AvgIpc) is 3.58. The average molecular weight is 642 g/mol. The molecule has 0 radical (unpaired) electrons. The lowest BCUT2D eigenvalue weighted by molar-refractivity contribution is -0.292. The van der Waals surface area contributed by atoms with Crippen LogP contribution < -0.4 is 5.32 Å². The first-order chi connectivity index (χ1) is 22.0. The van der Waals surface area contributed by atoms with Crippen LogP contribution in [0.4, 0.5) is 0 Å². The van der Waals surface area contributed by atoms with E-state index in [0.29, 0.717) is 32.4 Å². The van der Waals surface area contributed by atoms with Crippen molar-refractivity contribution in [3.05, 3.63) is 35.6 Å². The molecule has 5 aliphatic carbocycles. The Hall–Kier alpha value is -1.75. The Morgan fingerprint density at radius 3 is 2.63 bits per heavy atom. The van der Waals surface area contributed by atoms with Crippen LogP contribution in [0.25, 0.3) is 0 Å². The number of nitrogens with one attached hydrogen (secondary N) is 1. The zero-order valence-corrected chi connectivity index (χ0v) is 27.7. The van der Waals surface area contributed by atoms with Gasteiger partial charge in [0.25, 0.3) is 0 Å². The van der Waals surface area contributed by atoms with Crippen molar-refractivity contribution in [3.8, 4) is 0 Å². The molecule has 46 heavy (non-hydrogen) atoms. The van der Waals surface area contributed by atoms with Gasteiger partial charge >= 0.3 is 5.97 Å². The topological polar surface area (TPSA) is 138 Å². The highest BCUT2D eigenvalue weighted by Crippen LogP contribution is 2.70. The third-order valence-electron chi connectivity index (χ3n) is 13.9. The summed E-state index contributed by atoms with van der Waals surface area (Å²) in [5.74, 6) is 0.0449. The molecule has 12 unspecified atom stereocenters. The first-order valence-electron chi connectivity index (χ1n) is 18.1. The van der Waals surface area contributed by atoms with E-state index in [1.54, 1.807) is 13.0 Å². The Labute approximate surface area is 273 Å². The minimum atomic E-state index is -0.989. The van der Waals surface area contributed by atoms with Gasteiger partial charge in [-0.3, -0.25) is 0 Å². The fourth-order valence-corrected chi connectivity index (χ4v) is 11.4. The molecule has 7 aliphatic rings. The number of fused-ring (bicyclic) bond motifs is 5. The number of carbonyl (C=O) groups is 1. The zero-order valence-electron chi connectivity index (χ0n) is 27.7. The molecule has 0 amide bonds. The summed E-state index contributed by atoms with van der Waals surface area (Å²) in [4.78, 5) is 12.0. The van der Waals surface area contributed by atoms with E-state index in [-0.39, 0.29) is 41.7 Å². The molecule has 0 aromatic carbocycles. The SMILES string of the molecule is CC1OC(OC2CCC3(CNC=CC4=CCCCC4)C4CCC5(C)C(C6=CC(=O)OC6)CCC5(O)C4CCC3(O)C2)CC(O)C1O. The van der Waals surface area contributed by atoms with Gasteiger partial charge in [0.05, 0.1) is 29.5 Å². The van der Waals surface area contributed by atoms with Crippen LogP contribution in [0.3, 0.4) is 0 Å². The van der Waals surface area contributed by atoms with Crippen LogP contribution in [0.2, 0.25) is 0 Å². The second-order valence-electron chi connectivity index (χ2n) is 16.0. The Balaban J connectivity index is 1.14. The predicted molar refractivity (Wildman–Crippen MR) is 171 cm³/mol. The molecule has 0 spiro atoms. The summed E-state index contributed by atoms with van der Waals surface area (Å²) in [6, 6.07) is 0. The number of hydrogen-bond acceptors (Lipinski definition) is 9. The van der Waals surface area contributed by atoms with Gasteiger partial charge in [0, 0.05) is 36.3 Å². The Bertz CT molecular complexity index is 1250. The Morgan fingerprint density at radius 2 is 1.89 bits per heavy atom. The number of hydrogen-bond donors (Lipinski definition) is 5. The zero-order chi connectivity index (χ0) is 32.3. The third kappa shape index (κ3) is 5.32. The van der Waals surface area contributed by atoms with Crippen molar-refractivity contribution in [3.63, 3.8) is 0 Å². The monoisotopic (exact) mass is 641 g/mol. The van der Waals surface area contributed by atoms with Crippen molar-refractivity contribution in [1.29, 1.82) is 0 Å². The molecule has 5 N–H and O–H groups in total. The number of aliphatic hydroxyl groups is 4. The quantitative estimate of drug-likeness (QED) is 0.205. The van der Waals surface area contributed by atoms with Crippen LogP contribution in [0, 0.1) is 28.6 Å². The Kier molecular flexibility index (Phi) is 8.76. The maximum absolute atomic E-state index is 12.8. The largest absolute Gasteiger partial charge is 0.458 e. The van der Waals surface area contributed by atoms with Crippen molar-refractivity contribution >= 4 is 5.97 Å². The van der Waals surface area contributed by atoms with Gasteiger partial charge < -0.3 is 40.0 Å². The van der Waals surface area contributed by atoms with Gasteiger partial charge in [-0.25, -0.2) is 4.79 Å². The van der Waals surface area contributed by atoms with Crippen LogP contribution >= 0.6 is 0 Å². The van der Waals surface area contributed by atoms with Crippen molar-refractivity contribution < 1.29 is 39.4 Å². The van der Waals surface area contributed by atoms with Crippen LogP contribution in [0.5, 0.6) is 0 Å². The van der Waals surface area contributed by atoms with Crippen molar-refractivity contribution in [2.75, 3.05) is 13.2 Å². The molecular weight excluding hydrogens is 586 g/mol. The molecule has 0 aromatic heterocycles. The van der Waals surface area contributed by atoms with Gasteiger partial charge in [-0.2, -0.15) is 0 Å². The van der Waals surface area contributed by atoms with Gasteiger partial charge in [-0.05, 0) is 120 Å². The summed E-state index contributed by atoms with van der Waals surface area (Å²) in [6.45, 7) is 4.95. The van der Waals surface area contributed by atoms with E-state index in [2.05, 4.69) is 30.6 Å². The molecule has 4 saturated carbocycles. The Morgan fingerprint density at radius 1 is 1.07 bits per heavy atom. The molecule has 12 atom stereocenters. The van der Waals surface area contributed by atoms with E-state index in [9.17, 15) is 25.2 Å². The number of allylic oxidation sites excluding steroid dienone is 3. The fourth-order valence-electron chi connectivity index (χ4n) is 11.4. The molecule has 5 fully saturated rings. The highest BCUT2D eigenvalue weighted by Gasteiger charge is 2.71. The van der Waals surface area contributed by atoms with Gasteiger partial charge in [0.15, 0.2) is 6.29 Å². The number of esters is 1. The molecule has 1 saturated heterocycles. The molecule has 9 heteroatoms. The first kappa shape index (κ1) is 32.8. The van der Waals surface area contributed by atoms with Crippen LogP contribution in [0.15, 0.2) is 35.6 Å². The smallest absolute Gasteiger partial charge is 0.331 e. The van der Waals surface area contributed by atoms with E-state index in [0.717, 1.165) is 56.9 Å². The van der Waals surface area contributed by atoms with Gasteiger partial charge in [-0.15, -0.1) is 0 Å². The number of rotatable bonds is 7. The second kappa shape index (κ2) is 12.3. The lowest BCUT2D eigenvalue weighted by atomic mass is 9.41. The highest BCUT2D eigenvalue weighted by atomic mass is 16.7. The molecular formula is C37H55NO8. The number of ether oxygens (including phenoxy) is 3. The molecule has 7 rings (SSSR count). The third-order valence-corrected chi connectivity index (χ3v) is 13.9.